The number of piperazine rings is 1. The van der Waals surface area contributed by atoms with E-state index in [2.05, 4.69) is 20.4 Å². The number of carbonyl (C=O) groups is 1. The van der Waals surface area contributed by atoms with Crippen LogP contribution in [0.15, 0.2) is 36.4 Å². The summed E-state index contributed by atoms with van der Waals surface area (Å²) in [6, 6.07) is 9.93. The highest BCUT2D eigenvalue weighted by molar-refractivity contribution is 5.92. The lowest BCUT2D eigenvalue weighted by Crippen LogP contribution is -2.49. The Balaban J connectivity index is 1.29. The van der Waals surface area contributed by atoms with Crippen molar-refractivity contribution in [2.24, 2.45) is 0 Å². The zero-order valence-electron chi connectivity index (χ0n) is 15.7. The second-order valence-electron chi connectivity index (χ2n) is 7.08. The maximum absolute atomic E-state index is 13.1. The molecule has 4 rings (SSSR count). The highest BCUT2D eigenvalue weighted by Crippen LogP contribution is 2.18. The van der Waals surface area contributed by atoms with Crippen LogP contribution in [-0.4, -0.2) is 66.4 Å². The number of anilines is 2. The summed E-state index contributed by atoms with van der Waals surface area (Å²) in [5.74, 6) is 0.287. The van der Waals surface area contributed by atoms with Gasteiger partial charge in [0, 0.05) is 45.0 Å². The zero-order valence-corrected chi connectivity index (χ0v) is 15.7. The fourth-order valence-electron chi connectivity index (χ4n) is 3.55. The predicted octanol–water partition coefficient (Wildman–Crippen LogP) is 2.17. The van der Waals surface area contributed by atoms with Gasteiger partial charge >= 0.3 is 0 Å². The van der Waals surface area contributed by atoms with Crippen molar-refractivity contribution in [2.75, 3.05) is 49.5 Å². The summed E-state index contributed by atoms with van der Waals surface area (Å²) in [4.78, 5) is 16.6. The molecule has 2 aliphatic rings. The average molecular weight is 385 g/mol. The number of hydrogen-bond donors (Lipinski definition) is 1. The summed E-state index contributed by atoms with van der Waals surface area (Å²) >= 11 is 0. The topological polar surface area (TPSA) is 70.6 Å². The Bertz CT molecular complexity index is 785. The van der Waals surface area contributed by atoms with Crippen molar-refractivity contribution in [1.82, 2.24) is 15.1 Å². The molecular weight excluding hydrogens is 361 g/mol. The number of aromatic nitrogens is 2. The third-order valence-corrected chi connectivity index (χ3v) is 5.18. The molecule has 8 heteroatoms. The van der Waals surface area contributed by atoms with E-state index in [-0.39, 0.29) is 17.8 Å². The van der Waals surface area contributed by atoms with Gasteiger partial charge in [0.25, 0.3) is 5.91 Å². The first-order chi connectivity index (χ1) is 13.7. The molecule has 2 aromatic rings. The summed E-state index contributed by atoms with van der Waals surface area (Å²) in [6.45, 7) is 4.11. The number of nitrogens with zero attached hydrogens (tertiary/aromatic N) is 4. The van der Waals surface area contributed by atoms with Crippen molar-refractivity contribution in [3.8, 4) is 0 Å². The molecule has 28 heavy (non-hydrogen) atoms. The second kappa shape index (κ2) is 8.52. The largest absolute Gasteiger partial charge is 0.376 e. The van der Waals surface area contributed by atoms with Crippen LogP contribution in [0.3, 0.4) is 0 Å². The number of halogens is 1. The van der Waals surface area contributed by atoms with Gasteiger partial charge in [0.2, 0.25) is 0 Å². The maximum atomic E-state index is 13.1. The fourth-order valence-corrected chi connectivity index (χ4v) is 3.55. The number of hydrogen-bond acceptors (Lipinski definition) is 6. The van der Waals surface area contributed by atoms with Gasteiger partial charge in [-0.3, -0.25) is 4.79 Å². The van der Waals surface area contributed by atoms with Gasteiger partial charge in [0.15, 0.2) is 5.69 Å². The van der Waals surface area contributed by atoms with Crippen LogP contribution >= 0.6 is 0 Å². The van der Waals surface area contributed by atoms with E-state index in [1.165, 1.54) is 12.1 Å². The smallest absolute Gasteiger partial charge is 0.274 e. The molecule has 2 aliphatic heterocycles. The van der Waals surface area contributed by atoms with Crippen LogP contribution in [0.1, 0.15) is 23.3 Å². The lowest BCUT2D eigenvalue weighted by Gasteiger charge is -2.35. The van der Waals surface area contributed by atoms with E-state index >= 15 is 0 Å². The molecule has 2 saturated heterocycles. The van der Waals surface area contributed by atoms with Gasteiger partial charge in [0.05, 0.1) is 6.10 Å². The third-order valence-electron chi connectivity index (χ3n) is 5.18. The molecule has 2 fully saturated rings. The van der Waals surface area contributed by atoms with Crippen LogP contribution in [0, 0.1) is 5.82 Å². The van der Waals surface area contributed by atoms with Crippen molar-refractivity contribution in [3.05, 3.63) is 47.9 Å². The Kier molecular flexibility index (Phi) is 5.66. The van der Waals surface area contributed by atoms with Gasteiger partial charge in [0.1, 0.15) is 11.6 Å². The minimum Gasteiger partial charge on any atom is -0.376 e. The summed E-state index contributed by atoms with van der Waals surface area (Å²) in [5, 5.41) is 11.4. The van der Waals surface area contributed by atoms with Crippen molar-refractivity contribution >= 4 is 17.4 Å². The highest BCUT2D eigenvalue weighted by atomic mass is 19.1. The monoisotopic (exact) mass is 385 g/mol. The molecule has 0 bridgehead atoms. The minimum absolute atomic E-state index is 0.114. The molecular formula is C20H24FN5O2. The Morgan fingerprint density at radius 3 is 2.54 bits per heavy atom. The lowest BCUT2D eigenvalue weighted by atomic mass is 10.2. The number of rotatable bonds is 5. The molecule has 0 spiro atoms. The van der Waals surface area contributed by atoms with Gasteiger partial charge in [-0.05, 0) is 49.2 Å². The molecule has 1 aromatic carbocycles. The van der Waals surface area contributed by atoms with E-state index in [0.717, 1.165) is 25.1 Å². The van der Waals surface area contributed by atoms with Crippen LogP contribution in [0.5, 0.6) is 0 Å². The van der Waals surface area contributed by atoms with Crippen molar-refractivity contribution in [3.63, 3.8) is 0 Å². The first-order valence-corrected chi connectivity index (χ1v) is 9.68. The number of benzene rings is 1. The van der Waals surface area contributed by atoms with E-state index in [9.17, 15) is 9.18 Å². The van der Waals surface area contributed by atoms with Crippen LogP contribution in [-0.2, 0) is 4.74 Å². The molecule has 3 heterocycles. The van der Waals surface area contributed by atoms with Crippen LogP contribution in [0.2, 0.25) is 0 Å². The van der Waals surface area contributed by atoms with Crippen LogP contribution in [0.25, 0.3) is 0 Å². The zero-order chi connectivity index (χ0) is 19.3. The standard InChI is InChI=1S/C20H24FN5O2/c21-15-3-5-16(6-4-15)25-9-11-26(12-10-25)20(27)18-7-8-19(24-23-18)22-14-17-2-1-13-28-17/h3-8,17H,1-2,9-14H2,(H,22,24). The number of nitrogens with one attached hydrogen (secondary N) is 1. The molecule has 1 N–H and O–H groups in total. The Morgan fingerprint density at radius 2 is 1.89 bits per heavy atom. The van der Waals surface area contributed by atoms with Crippen LogP contribution in [0.4, 0.5) is 15.9 Å². The number of ether oxygens (including phenoxy) is 1. The van der Waals surface area contributed by atoms with E-state index in [1.807, 2.05) is 0 Å². The quantitative estimate of drug-likeness (QED) is 0.851. The van der Waals surface area contributed by atoms with E-state index in [1.54, 1.807) is 29.2 Å². The van der Waals surface area contributed by atoms with Crippen LogP contribution < -0.4 is 10.2 Å². The van der Waals surface area contributed by atoms with E-state index < -0.39 is 0 Å². The van der Waals surface area contributed by atoms with Gasteiger partial charge in [-0.15, -0.1) is 10.2 Å². The fraction of sp³-hybridized carbons (Fsp3) is 0.450. The summed E-state index contributed by atoms with van der Waals surface area (Å²) in [5.41, 5.74) is 1.31. The molecule has 148 valence electrons. The van der Waals surface area contributed by atoms with Gasteiger partial charge in [-0.1, -0.05) is 0 Å². The normalized spacial score (nSPS) is 19.7. The lowest BCUT2D eigenvalue weighted by molar-refractivity contribution is 0.0739. The second-order valence-corrected chi connectivity index (χ2v) is 7.08. The Labute approximate surface area is 163 Å². The highest BCUT2D eigenvalue weighted by Gasteiger charge is 2.23. The van der Waals surface area contributed by atoms with E-state index in [0.29, 0.717) is 44.2 Å². The van der Waals surface area contributed by atoms with Gasteiger partial charge in [-0.25, -0.2) is 4.39 Å². The Morgan fingerprint density at radius 1 is 1.11 bits per heavy atom. The first-order valence-electron chi connectivity index (χ1n) is 9.68. The van der Waals surface area contributed by atoms with Gasteiger partial charge < -0.3 is 19.9 Å². The summed E-state index contributed by atoms with van der Waals surface area (Å²) in [7, 11) is 0. The summed E-state index contributed by atoms with van der Waals surface area (Å²) in [6.07, 6.45) is 2.38. The molecule has 1 amide bonds. The summed E-state index contributed by atoms with van der Waals surface area (Å²) < 4.78 is 18.6. The molecule has 1 unspecified atom stereocenters. The van der Waals surface area contributed by atoms with Gasteiger partial charge in [-0.2, -0.15) is 0 Å². The van der Waals surface area contributed by atoms with Crippen molar-refractivity contribution in [2.45, 2.75) is 18.9 Å². The molecule has 0 aliphatic carbocycles. The molecule has 7 nitrogen and oxygen atoms in total. The minimum atomic E-state index is -0.246. The van der Waals surface area contributed by atoms with Crippen molar-refractivity contribution in [1.29, 1.82) is 0 Å². The SMILES string of the molecule is O=C(c1ccc(NCC2CCCO2)nn1)N1CCN(c2ccc(F)cc2)CC1. The first kappa shape index (κ1) is 18.6. The Hall–Kier alpha value is -2.74. The van der Waals surface area contributed by atoms with Crippen molar-refractivity contribution < 1.29 is 13.9 Å². The predicted molar refractivity (Wildman–Crippen MR) is 104 cm³/mol. The molecule has 1 atom stereocenters. The average Bonchev–Trinajstić information content (AvgIpc) is 3.27. The maximum Gasteiger partial charge on any atom is 0.274 e. The molecule has 1 aromatic heterocycles. The molecule has 0 saturated carbocycles. The number of amides is 1. The third kappa shape index (κ3) is 4.39. The van der Waals surface area contributed by atoms with E-state index in [4.69, 9.17) is 4.74 Å². The number of carbonyl (C=O) groups excluding carboxylic acids is 1. The molecule has 0 radical (unpaired) electrons.